The van der Waals surface area contributed by atoms with E-state index in [0.717, 1.165) is 17.1 Å². The lowest BCUT2D eigenvalue weighted by atomic mass is 9.84. The van der Waals surface area contributed by atoms with Crippen molar-refractivity contribution >= 4 is 65.8 Å². The largest absolute Gasteiger partial charge is 0.337 e. The number of anilines is 4. The topological polar surface area (TPSA) is 6.48 Å². The van der Waals surface area contributed by atoms with Gasteiger partial charge in [0.05, 0.1) is 6.04 Å². The molecule has 0 bridgehead atoms. The lowest BCUT2D eigenvalue weighted by molar-refractivity contribution is 0.579. The molecule has 3 aliphatic rings. The quantitative estimate of drug-likeness (QED) is 0.141. The fourth-order valence-electron chi connectivity index (χ4n) is 10.4. The Kier molecular flexibility index (Phi) is 8.78. The third kappa shape index (κ3) is 6.25. The second kappa shape index (κ2) is 14.9. The highest BCUT2D eigenvalue weighted by Gasteiger charge is 2.43. The summed E-state index contributed by atoms with van der Waals surface area (Å²) in [6.07, 6.45) is 17.5. The maximum atomic E-state index is 2.67. The van der Waals surface area contributed by atoms with Gasteiger partial charge >= 0.3 is 0 Å². The van der Waals surface area contributed by atoms with E-state index in [1.807, 2.05) is 0 Å². The second-order valence-corrected chi connectivity index (χ2v) is 17.3. The van der Waals surface area contributed by atoms with E-state index in [9.17, 15) is 0 Å². The molecule has 9 aromatic rings. The van der Waals surface area contributed by atoms with E-state index in [1.54, 1.807) is 0 Å². The van der Waals surface area contributed by atoms with Crippen LogP contribution in [0.4, 0.5) is 22.7 Å². The van der Waals surface area contributed by atoms with Crippen molar-refractivity contribution in [3.05, 3.63) is 230 Å². The van der Waals surface area contributed by atoms with Crippen molar-refractivity contribution in [1.29, 1.82) is 0 Å². The van der Waals surface area contributed by atoms with Gasteiger partial charge in [-0.2, -0.15) is 0 Å². The molecule has 0 aromatic heterocycles. The van der Waals surface area contributed by atoms with Gasteiger partial charge in [0.15, 0.2) is 0 Å². The van der Waals surface area contributed by atoms with Crippen molar-refractivity contribution in [2.45, 2.75) is 19.4 Å². The monoisotopic (exact) mass is 794 g/mol. The molecule has 0 amide bonds. The maximum Gasteiger partial charge on any atom is 0.0582 e. The van der Waals surface area contributed by atoms with Crippen LogP contribution in [-0.4, -0.2) is 6.04 Å². The number of para-hydroxylation sites is 2. The van der Waals surface area contributed by atoms with E-state index in [1.165, 1.54) is 83.1 Å². The molecule has 4 unspecified atom stereocenters. The van der Waals surface area contributed by atoms with E-state index < -0.39 is 0 Å². The van der Waals surface area contributed by atoms with Gasteiger partial charge in [0.2, 0.25) is 0 Å². The summed E-state index contributed by atoms with van der Waals surface area (Å²) in [5.41, 5.74) is 11.0. The summed E-state index contributed by atoms with van der Waals surface area (Å²) >= 11 is 0. The number of fused-ring (bicyclic) bond motifs is 5. The Bertz CT molecular complexity index is 3280. The molecule has 0 spiro atoms. The predicted octanol–water partition coefficient (Wildman–Crippen LogP) is 16.1. The number of benzene rings is 9. The minimum Gasteiger partial charge on any atom is -0.337 e. The van der Waals surface area contributed by atoms with Gasteiger partial charge in [-0.05, 0) is 150 Å². The Morgan fingerprint density at radius 2 is 0.952 bits per heavy atom. The van der Waals surface area contributed by atoms with Crippen LogP contribution in [0.3, 0.4) is 0 Å². The Balaban J connectivity index is 1.19. The zero-order chi connectivity index (χ0) is 41.1. The van der Waals surface area contributed by atoms with Crippen molar-refractivity contribution < 1.29 is 0 Å². The molecular formula is C60H46N2. The summed E-state index contributed by atoms with van der Waals surface area (Å²) < 4.78 is 0. The molecule has 0 saturated heterocycles. The van der Waals surface area contributed by atoms with Crippen LogP contribution in [0.2, 0.25) is 0 Å². The minimum absolute atomic E-state index is 0.213. The Labute approximate surface area is 363 Å². The summed E-state index contributed by atoms with van der Waals surface area (Å²) in [7, 11) is 0. The molecule has 0 heterocycles. The Morgan fingerprint density at radius 3 is 1.55 bits per heavy atom. The molecule has 9 aromatic carbocycles. The molecule has 0 radical (unpaired) electrons. The zero-order valence-electron chi connectivity index (χ0n) is 34.8. The van der Waals surface area contributed by atoms with E-state index in [-0.39, 0.29) is 6.04 Å². The third-order valence-corrected chi connectivity index (χ3v) is 13.5. The molecule has 1 saturated carbocycles. The summed E-state index contributed by atoms with van der Waals surface area (Å²) in [6.45, 7) is 2.36. The van der Waals surface area contributed by atoms with Gasteiger partial charge in [-0.15, -0.1) is 0 Å². The fraction of sp³-hybridized carbons (Fsp3) is 0.100. The average molecular weight is 795 g/mol. The van der Waals surface area contributed by atoms with Gasteiger partial charge in [-0.1, -0.05) is 165 Å². The van der Waals surface area contributed by atoms with Gasteiger partial charge in [0, 0.05) is 34.4 Å². The molecule has 0 aliphatic heterocycles. The van der Waals surface area contributed by atoms with Crippen LogP contribution in [0.5, 0.6) is 0 Å². The first-order valence-corrected chi connectivity index (χ1v) is 22.1. The highest BCUT2D eigenvalue weighted by molar-refractivity contribution is 6.23. The first kappa shape index (κ1) is 36.4. The van der Waals surface area contributed by atoms with E-state index >= 15 is 0 Å². The highest BCUT2D eigenvalue weighted by Crippen LogP contribution is 2.52. The molecule has 12 rings (SSSR count). The smallest absolute Gasteiger partial charge is 0.0582 e. The van der Waals surface area contributed by atoms with Crippen LogP contribution >= 0.6 is 0 Å². The predicted molar refractivity (Wildman–Crippen MR) is 265 cm³/mol. The van der Waals surface area contributed by atoms with Crippen molar-refractivity contribution in [2.24, 2.45) is 17.8 Å². The summed E-state index contributed by atoms with van der Waals surface area (Å²) in [5.74, 6) is 1.55. The van der Waals surface area contributed by atoms with Gasteiger partial charge in [-0.25, -0.2) is 0 Å². The van der Waals surface area contributed by atoms with Gasteiger partial charge in [0.1, 0.15) is 0 Å². The minimum atomic E-state index is 0.213. The fourth-order valence-corrected chi connectivity index (χ4v) is 10.4. The molecule has 296 valence electrons. The molecule has 1 fully saturated rings. The molecule has 0 N–H and O–H groups in total. The SMILES string of the molecule is CC1C=CC=CC1N(C1=CC=CC2CC12)c1ccc2c(-c3ccc4ccccc4c3)c3cc(N(c4ccccc4)c4ccccc4)ccc3c(-c3ccc4ccccc4c3)c2c1. The number of allylic oxidation sites excluding steroid dienone is 6. The first-order chi connectivity index (χ1) is 30.7. The van der Waals surface area contributed by atoms with E-state index in [4.69, 9.17) is 0 Å². The molecule has 3 aliphatic carbocycles. The molecular weight excluding hydrogens is 749 g/mol. The number of hydrogen-bond acceptors (Lipinski definition) is 2. The lowest BCUT2D eigenvalue weighted by Crippen LogP contribution is -2.39. The van der Waals surface area contributed by atoms with Crippen molar-refractivity contribution in [3.8, 4) is 22.3 Å². The van der Waals surface area contributed by atoms with Gasteiger partial charge in [-0.3, -0.25) is 0 Å². The summed E-state index contributed by atoms with van der Waals surface area (Å²) in [4.78, 5) is 5.05. The van der Waals surface area contributed by atoms with Crippen LogP contribution < -0.4 is 9.80 Å². The lowest BCUT2D eigenvalue weighted by Gasteiger charge is -2.38. The maximum absolute atomic E-state index is 2.67. The Morgan fingerprint density at radius 1 is 0.419 bits per heavy atom. The molecule has 2 heteroatoms. The van der Waals surface area contributed by atoms with Crippen molar-refractivity contribution in [1.82, 2.24) is 0 Å². The van der Waals surface area contributed by atoms with E-state index in [0.29, 0.717) is 17.8 Å². The first-order valence-electron chi connectivity index (χ1n) is 22.1. The highest BCUT2D eigenvalue weighted by atomic mass is 15.2. The van der Waals surface area contributed by atoms with Crippen LogP contribution in [0, 0.1) is 17.8 Å². The normalized spacial score (nSPS) is 18.9. The number of hydrogen-bond donors (Lipinski definition) is 0. The molecule has 62 heavy (non-hydrogen) atoms. The van der Waals surface area contributed by atoms with Gasteiger partial charge < -0.3 is 9.80 Å². The Hall–Kier alpha value is -7.42. The molecule has 2 nitrogen and oxygen atoms in total. The van der Waals surface area contributed by atoms with Crippen LogP contribution in [0.25, 0.3) is 65.3 Å². The van der Waals surface area contributed by atoms with Crippen LogP contribution in [0.1, 0.15) is 13.3 Å². The van der Waals surface area contributed by atoms with Crippen molar-refractivity contribution in [2.75, 3.05) is 9.80 Å². The standard InChI is InChI=1S/C60H46N2/c1-40-15-8-13-25-57(40)62(58-26-14-20-45-37-54(45)58)51-32-34-53-56(39-51)60(47-30-28-42-17-10-12-19-44(42)36-47)52-33-31-50(61(48-21-4-2-5-22-48)49-23-6-3-7-24-49)38-55(52)59(53)46-29-27-41-16-9-11-18-43(41)35-46/h2-36,38-40,45,54,57H,37H2,1H3. The second-order valence-electron chi connectivity index (χ2n) is 17.3. The van der Waals surface area contributed by atoms with Crippen molar-refractivity contribution in [3.63, 3.8) is 0 Å². The number of nitrogens with zero attached hydrogens (tertiary/aromatic N) is 2. The zero-order valence-corrected chi connectivity index (χ0v) is 34.8. The summed E-state index contributed by atoms with van der Waals surface area (Å²) in [6, 6.07) is 67.8. The molecule has 4 atom stereocenters. The van der Waals surface area contributed by atoms with Crippen LogP contribution in [0.15, 0.2) is 230 Å². The average Bonchev–Trinajstić information content (AvgIpc) is 4.13. The third-order valence-electron chi connectivity index (χ3n) is 13.5. The van der Waals surface area contributed by atoms with Gasteiger partial charge in [0.25, 0.3) is 0 Å². The number of rotatable bonds is 8. The van der Waals surface area contributed by atoms with E-state index in [2.05, 4.69) is 241 Å². The summed E-state index contributed by atoms with van der Waals surface area (Å²) in [5, 5.41) is 9.94. The van der Waals surface area contributed by atoms with Crippen LogP contribution in [-0.2, 0) is 0 Å².